The van der Waals surface area contributed by atoms with Gasteiger partial charge in [0.2, 0.25) is 0 Å². The molecule has 0 unspecified atom stereocenters. The van der Waals surface area contributed by atoms with E-state index in [1.165, 1.54) is 0 Å². The lowest BCUT2D eigenvalue weighted by Crippen LogP contribution is -2.23. The van der Waals surface area contributed by atoms with E-state index in [0.717, 1.165) is 10.9 Å². The van der Waals surface area contributed by atoms with Crippen LogP contribution in [-0.4, -0.2) is 24.0 Å². The number of carbonyl (C=O) groups excluding carboxylic acids is 1. The first-order chi connectivity index (χ1) is 12.2. The quantitative estimate of drug-likeness (QED) is 0.730. The predicted molar refractivity (Wildman–Crippen MR) is 98.8 cm³/mol. The molecule has 0 saturated carbocycles. The summed E-state index contributed by atoms with van der Waals surface area (Å²) in [6, 6.07) is 16.4. The SMILES string of the molecule is O=C(NCC#CCOc1ccc2cccnc2c1)c1cccc(Cl)c1. The number of halogens is 1. The van der Waals surface area contributed by atoms with Crippen LogP contribution in [0, 0.1) is 11.8 Å². The van der Waals surface area contributed by atoms with Gasteiger partial charge in [-0.3, -0.25) is 9.78 Å². The van der Waals surface area contributed by atoms with E-state index < -0.39 is 0 Å². The van der Waals surface area contributed by atoms with E-state index >= 15 is 0 Å². The Balaban J connectivity index is 1.47. The fraction of sp³-hybridized carbons (Fsp3) is 0.100. The zero-order valence-electron chi connectivity index (χ0n) is 13.3. The van der Waals surface area contributed by atoms with Crippen LogP contribution >= 0.6 is 11.6 Å². The minimum Gasteiger partial charge on any atom is -0.481 e. The summed E-state index contributed by atoms with van der Waals surface area (Å²) in [4.78, 5) is 16.2. The van der Waals surface area contributed by atoms with Crippen LogP contribution in [0.4, 0.5) is 0 Å². The molecule has 1 N–H and O–H groups in total. The number of nitrogens with zero attached hydrogens (tertiary/aromatic N) is 1. The van der Waals surface area contributed by atoms with E-state index in [1.807, 2.05) is 30.3 Å². The summed E-state index contributed by atoms with van der Waals surface area (Å²) in [6.45, 7) is 0.485. The molecule has 0 bridgehead atoms. The first kappa shape index (κ1) is 16.8. The van der Waals surface area contributed by atoms with Gasteiger partial charge in [-0.2, -0.15) is 0 Å². The van der Waals surface area contributed by atoms with Crippen LogP contribution < -0.4 is 10.1 Å². The van der Waals surface area contributed by atoms with Crippen molar-refractivity contribution in [3.05, 3.63) is 71.4 Å². The zero-order valence-corrected chi connectivity index (χ0v) is 14.1. The van der Waals surface area contributed by atoms with Crippen molar-refractivity contribution in [2.24, 2.45) is 0 Å². The minimum absolute atomic E-state index is 0.210. The van der Waals surface area contributed by atoms with Gasteiger partial charge in [0.15, 0.2) is 0 Å². The number of hydrogen-bond acceptors (Lipinski definition) is 3. The maximum Gasteiger partial charge on any atom is 0.252 e. The molecule has 5 heteroatoms. The predicted octanol–water partition coefficient (Wildman–Crippen LogP) is 3.70. The molecule has 0 fully saturated rings. The van der Waals surface area contributed by atoms with Gasteiger partial charge < -0.3 is 10.1 Å². The van der Waals surface area contributed by atoms with Crippen molar-refractivity contribution in [3.63, 3.8) is 0 Å². The molecular weight excluding hydrogens is 336 g/mol. The Labute approximate surface area is 150 Å². The normalized spacial score (nSPS) is 9.96. The van der Waals surface area contributed by atoms with Crippen LogP contribution in [0.2, 0.25) is 5.02 Å². The second-order valence-corrected chi connectivity index (χ2v) is 5.63. The van der Waals surface area contributed by atoms with Crippen molar-refractivity contribution in [1.82, 2.24) is 10.3 Å². The molecule has 2 aromatic carbocycles. The molecule has 0 saturated heterocycles. The lowest BCUT2D eigenvalue weighted by atomic mass is 10.2. The molecule has 1 aromatic heterocycles. The highest BCUT2D eigenvalue weighted by Gasteiger charge is 2.03. The molecule has 0 aliphatic rings. The van der Waals surface area contributed by atoms with E-state index in [4.69, 9.17) is 16.3 Å². The summed E-state index contributed by atoms with van der Waals surface area (Å²) in [6.07, 6.45) is 1.74. The van der Waals surface area contributed by atoms with Crippen LogP contribution in [0.15, 0.2) is 60.8 Å². The third kappa shape index (κ3) is 4.72. The van der Waals surface area contributed by atoms with Gasteiger partial charge in [0, 0.05) is 28.2 Å². The molecule has 25 heavy (non-hydrogen) atoms. The van der Waals surface area contributed by atoms with Crippen molar-refractivity contribution in [3.8, 4) is 17.6 Å². The molecular formula is C20H15ClN2O2. The first-order valence-corrected chi connectivity index (χ1v) is 8.07. The summed E-state index contributed by atoms with van der Waals surface area (Å²) < 4.78 is 5.58. The van der Waals surface area contributed by atoms with Crippen molar-refractivity contribution in [2.75, 3.05) is 13.2 Å². The van der Waals surface area contributed by atoms with Gasteiger partial charge in [-0.15, -0.1) is 0 Å². The summed E-state index contributed by atoms with van der Waals surface area (Å²) in [7, 11) is 0. The first-order valence-electron chi connectivity index (χ1n) is 7.69. The maximum absolute atomic E-state index is 11.9. The Morgan fingerprint density at radius 3 is 2.92 bits per heavy atom. The van der Waals surface area contributed by atoms with Gasteiger partial charge in [-0.1, -0.05) is 35.6 Å². The second kappa shape index (κ2) is 8.18. The second-order valence-electron chi connectivity index (χ2n) is 5.19. The smallest absolute Gasteiger partial charge is 0.252 e. The van der Waals surface area contributed by atoms with Crippen molar-refractivity contribution in [2.45, 2.75) is 0 Å². The van der Waals surface area contributed by atoms with E-state index in [1.54, 1.807) is 30.5 Å². The number of benzene rings is 2. The Morgan fingerprint density at radius 2 is 2.04 bits per heavy atom. The molecule has 3 aromatic rings. The monoisotopic (exact) mass is 350 g/mol. The Morgan fingerprint density at radius 1 is 1.12 bits per heavy atom. The highest BCUT2D eigenvalue weighted by Crippen LogP contribution is 2.18. The van der Waals surface area contributed by atoms with Crippen LogP contribution in [0.1, 0.15) is 10.4 Å². The number of pyridine rings is 1. The van der Waals surface area contributed by atoms with E-state index in [9.17, 15) is 4.79 Å². The maximum atomic E-state index is 11.9. The highest BCUT2D eigenvalue weighted by atomic mass is 35.5. The topological polar surface area (TPSA) is 51.2 Å². The minimum atomic E-state index is -0.210. The summed E-state index contributed by atoms with van der Waals surface area (Å²) in [5.74, 6) is 6.22. The standard InChI is InChI=1S/C20H15ClN2O2/c21-17-7-3-5-16(13-17)20(24)23-10-1-2-12-25-18-9-8-15-6-4-11-22-19(15)14-18/h3-9,11,13-14H,10,12H2,(H,23,24). The lowest BCUT2D eigenvalue weighted by molar-refractivity contribution is 0.0958. The number of carbonyl (C=O) groups is 1. The average molecular weight is 351 g/mol. The number of nitrogens with one attached hydrogen (secondary N) is 1. The molecule has 1 heterocycles. The van der Waals surface area contributed by atoms with Crippen molar-refractivity contribution >= 4 is 28.4 Å². The molecule has 4 nitrogen and oxygen atoms in total. The van der Waals surface area contributed by atoms with Gasteiger partial charge in [0.25, 0.3) is 5.91 Å². The number of amides is 1. The van der Waals surface area contributed by atoms with Crippen molar-refractivity contribution in [1.29, 1.82) is 0 Å². The fourth-order valence-corrected chi connectivity index (χ4v) is 2.42. The Hall–Kier alpha value is -3.03. The molecule has 3 rings (SSSR count). The van der Waals surface area contributed by atoms with Gasteiger partial charge in [-0.05, 0) is 36.4 Å². The zero-order chi connectivity index (χ0) is 17.5. The van der Waals surface area contributed by atoms with Crippen LogP contribution in [-0.2, 0) is 0 Å². The summed E-state index contributed by atoms with van der Waals surface area (Å²) in [5, 5.41) is 4.30. The van der Waals surface area contributed by atoms with Crippen LogP contribution in [0.5, 0.6) is 5.75 Å². The molecule has 124 valence electrons. The van der Waals surface area contributed by atoms with Gasteiger partial charge in [0.05, 0.1) is 12.1 Å². The van der Waals surface area contributed by atoms with Gasteiger partial charge in [-0.25, -0.2) is 0 Å². The largest absolute Gasteiger partial charge is 0.481 e. The summed E-state index contributed by atoms with van der Waals surface area (Å²) in [5.41, 5.74) is 1.39. The molecule has 0 spiro atoms. The lowest BCUT2D eigenvalue weighted by Gasteiger charge is -2.03. The van der Waals surface area contributed by atoms with Gasteiger partial charge in [0.1, 0.15) is 12.4 Å². The molecule has 1 amide bonds. The van der Waals surface area contributed by atoms with E-state index in [0.29, 0.717) is 16.3 Å². The molecule has 0 radical (unpaired) electrons. The number of rotatable bonds is 4. The molecule has 0 aliphatic heterocycles. The number of aromatic nitrogens is 1. The molecule has 0 atom stereocenters. The van der Waals surface area contributed by atoms with E-state index in [2.05, 4.69) is 22.1 Å². The number of ether oxygens (including phenoxy) is 1. The number of hydrogen-bond donors (Lipinski definition) is 1. The van der Waals surface area contributed by atoms with E-state index in [-0.39, 0.29) is 19.1 Å². The summed E-state index contributed by atoms with van der Waals surface area (Å²) >= 11 is 5.86. The average Bonchev–Trinajstić information content (AvgIpc) is 2.64. The third-order valence-corrected chi connectivity index (χ3v) is 3.67. The Bertz CT molecular complexity index is 960. The van der Waals surface area contributed by atoms with Gasteiger partial charge >= 0.3 is 0 Å². The highest BCUT2D eigenvalue weighted by molar-refractivity contribution is 6.30. The third-order valence-electron chi connectivity index (χ3n) is 3.44. The van der Waals surface area contributed by atoms with Crippen molar-refractivity contribution < 1.29 is 9.53 Å². The molecule has 0 aliphatic carbocycles. The Kier molecular flexibility index (Phi) is 5.50. The van der Waals surface area contributed by atoms with Crippen LogP contribution in [0.25, 0.3) is 10.9 Å². The van der Waals surface area contributed by atoms with Crippen LogP contribution in [0.3, 0.4) is 0 Å². The fourth-order valence-electron chi connectivity index (χ4n) is 2.23. The number of fused-ring (bicyclic) bond motifs is 1.